The Kier molecular flexibility index (Phi) is 4.87. The number of benzene rings is 2. The fourth-order valence-corrected chi connectivity index (χ4v) is 3.48. The summed E-state index contributed by atoms with van der Waals surface area (Å²) in [7, 11) is 0. The molecule has 1 aliphatic rings. The Balaban J connectivity index is 1.40. The lowest BCUT2D eigenvalue weighted by Gasteiger charge is -2.07. The number of hydrogen-bond acceptors (Lipinski definition) is 3. The Morgan fingerprint density at radius 1 is 1.04 bits per heavy atom. The number of alkyl halides is 3. The molecule has 2 aromatic carbocycles. The summed E-state index contributed by atoms with van der Waals surface area (Å²) in [6, 6.07) is 11.0. The normalized spacial score (nSPS) is 13.6. The molecule has 146 valence electrons. The fraction of sp³-hybridized carbons (Fsp3) is 0.318. The Morgan fingerprint density at radius 3 is 2.54 bits per heavy atom. The highest BCUT2D eigenvalue weighted by atomic mass is 19.4. The van der Waals surface area contributed by atoms with Crippen molar-refractivity contribution in [3.8, 4) is 17.2 Å². The van der Waals surface area contributed by atoms with E-state index in [2.05, 4.69) is 17.1 Å². The minimum Gasteiger partial charge on any atom is -0.493 e. The van der Waals surface area contributed by atoms with Gasteiger partial charge in [0.25, 0.3) is 0 Å². The summed E-state index contributed by atoms with van der Waals surface area (Å²) in [6.07, 6.45) is -0.381. The molecule has 4 rings (SSSR count). The lowest BCUT2D eigenvalue weighted by molar-refractivity contribution is -0.137. The minimum absolute atomic E-state index is 0.318. The van der Waals surface area contributed by atoms with Crippen LogP contribution in [0.25, 0.3) is 11.5 Å². The third-order valence-electron chi connectivity index (χ3n) is 5.02. The van der Waals surface area contributed by atoms with E-state index in [-0.39, 0.29) is 0 Å². The van der Waals surface area contributed by atoms with Crippen LogP contribution in [0.2, 0.25) is 0 Å². The SMILES string of the molecule is Cc1nc(-c2ccc(C(F)(F)F)cc2)oc1CCOc1ccc2c(c1)CCC2. The lowest BCUT2D eigenvalue weighted by atomic mass is 10.1. The van der Waals surface area contributed by atoms with Gasteiger partial charge in [0.2, 0.25) is 5.89 Å². The molecule has 0 saturated carbocycles. The fourth-order valence-electron chi connectivity index (χ4n) is 3.48. The molecule has 1 aromatic heterocycles. The molecule has 0 bridgehead atoms. The molecule has 0 fully saturated rings. The summed E-state index contributed by atoms with van der Waals surface area (Å²) in [5.74, 6) is 1.84. The first-order chi connectivity index (χ1) is 13.4. The van der Waals surface area contributed by atoms with E-state index in [1.54, 1.807) is 0 Å². The number of ether oxygens (including phenoxy) is 1. The second kappa shape index (κ2) is 7.34. The zero-order valence-electron chi connectivity index (χ0n) is 15.5. The highest BCUT2D eigenvalue weighted by Gasteiger charge is 2.30. The van der Waals surface area contributed by atoms with Gasteiger partial charge in [-0.1, -0.05) is 6.07 Å². The van der Waals surface area contributed by atoms with E-state index in [0.29, 0.717) is 35.9 Å². The van der Waals surface area contributed by atoms with Gasteiger partial charge < -0.3 is 9.15 Å². The van der Waals surface area contributed by atoms with E-state index < -0.39 is 11.7 Å². The van der Waals surface area contributed by atoms with Gasteiger partial charge in [-0.25, -0.2) is 4.98 Å². The standard InChI is InChI=1S/C22H20F3NO2/c1-14-20(11-12-27-19-10-7-15-3-2-4-17(15)13-19)28-21(26-14)16-5-8-18(9-6-16)22(23,24)25/h5-10,13H,2-4,11-12H2,1H3. The Hall–Kier alpha value is -2.76. The second-order valence-corrected chi connectivity index (χ2v) is 6.99. The van der Waals surface area contributed by atoms with E-state index >= 15 is 0 Å². The molecular weight excluding hydrogens is 367 g/mol. The maximum Gasteiger partial charge on any atom is 0.416 e. The second-order valence-electron chi connectivity index (χ2n) is 6.99. The van der Waals surface area contributed by atoms with Crippen LogP contribution in [-0.4, -0.2) is 11.6 Å². The number of oxazole rings is 1. The molecule has 0 saturated heterocycles. The molecule has 1 heterocycles. The number of nitrogens with zero attached hydrogens (tertiary/aromatic N) is 1. The van der Waals surface area contributed by atoms with Crippen LogP contribution >= 0.6 is 0 Å². The number of rotatable bonds is 5. The van der Waals surface area contributed by atoms with Crippen molar-refractivity contribution in [3.05, 3.63) is 70.6 Å². The predicted molar refractivity (Wildman–Crippen MR) is 99.3 cm³/mol. The molecule has 0 unspecified atom stereocenters. The van der Waals surface area contributed by atoms with Gasteiger partial charge in [-0.3, -0.25) is 0 Å². The maximum absolute atomic E-state index is 12.7. The van der Waals surface area contributed by atoms with E-state index in [1.165, 1.54) is 29.7 Å². The summed E-state index contributed by atoms with van der Waals surface area (Å²) >= 11 is 0. The van der Waals surface area contributed by atoms with Gasteiger partial charge in [-0.05, 0) is 73.7 Å². The van der Waals surface area contributed by atoms with E-state index in [0.717, 1.165) is 30.7 Å². The number of aryl methyl sites for hydroxylation is 3. The molecule has 1 aliphatic carbocycles. The third-order valence-corrected chi connectivity index (χ3v) is 5.02. The van der Waals surface area contributed by atoms with Crippen molar-refractivity contribution in [1.29, 1.82) is 0 Å². The Bertz CT molecular complexity index is 974. The van der Waals surface area contributed by atoms with E-state index in [1.807, 2.05) is 13.0 Å². The highest BCUT2D eigenvalue weighted by molar-refractivity contribution is 5.54. The summed E-state index contributed by atoms with van der Waals surface area (Å²) < 4.78 is 49.7. The molecule has 0 aliphatic heterocycles. The van der Waals surface area contributed by atoms with Gasteiger partial charge >= 0.3 is 6.18 Å². The molecule has 0 spiro atoms. The summed E-state index contributed by atoms with van der Waals surface area (Å²) in [5.41, 5.74) is 3.30. The van der Waals surface area contributed by atoms with Crippen molar-refractivity contribution in [2.24, 2.45) is 0 Å². The quantitative estimate of drug-likeness (QED) is 0.557. The first-order valence-electron chi connectivity index (χ1n) is 9.29. The number of fused-ring (bicyclic) bond motifs is 1. The first-order valence-corrected chi connectivity index (χ1v) is 9.29. The molecule has 0 radical (unpaired) electrons. The van der Waals surface area contributed by atoms with Gasteiger partial charge in [-0.2, -0.15) is 13.2 Å². The Labute approximate surface area is 161 Å². The van der Waals surface area contributed by atoms with Gasteiger partial charge in [0.15, 0.2) is 0 Å². The largest absolute Gasteiger partial charge is 0.493 e. The molecule has 3 nitrogen and oxygen atoms in total. The number of hydrogen-bond donors (Lipinski definition) is 0. The number of halogens is 3. The van der Waals surface area contributed by atoms with Crippen molar-refractivity contribution in [2.45, 2.75) is 38.8 Å². The monoisotopic (exact) mass is 387 g/mol. The molecule has 3 aromatic rings. The van der Waals surface area contributed by atoms with Gasteiger partial charge in [-0.15, -0.1) is 0 Å². The van der Waals surface area contributed by atoms with Crippen LogP contribution in [0.5, 0.6) is 5.75 Å². The smallest absolute Gasteiger partial charge is 0.416 e. The van der Waals surface area contributed by atoms with E-state index in [9.17, 15) is 13.2 Å². The van der Waals surface area contributed by atoms with Crippen LogP contribution in [0.4, 0.5) is 13.2 Å². The van der Waals surface area contributed by atoms with Gasteiger partial charge in [0, 0.05) is 12.0 Å². The van der Waals surface area contributed by atoms with Crippen LogP contribution in [-0.2, 0) is 25.4 Å². The molecule has 0 N–H and O–H groups in total. The molecule has 6 heteroatoms. The van der Waals surface area contributed by atoms with Crippen LogP contribution < -0.4 is 4.74 Å². The zero-order valence-corrected chi connectivity index (χ0v) is 15.5. The topological polar surface area (TPSA) is 35.3 Å². The van der Waals surface area contributed by atoms with Crippen molar-refractivity contribution >= 4 is 0 Å². The van der Waals surface area contributed by atoms with Gasteiger partial charge in [0.05, 0.1) is 17.9 Å². The summed E-state index contributed by atoms with van der Waals surface area (Å²) in [6.45, 7) is 2.27. The average molecular weight is 387 g/mol. The maximum atomic E-state index is 12.7. The predicted octanol–water partition coefficient (Wildman–Crippen LogP) is 5.78. The lowest BCUT2D eigenvalue weighted by Crippen LogP contribution is -2.03. The Morgan fingerprint density at radius 2 is 1.79 bits per heavy atom. The summed E-state index contributed by atoms with van der Waals surface area (Å²) in [5, 5.41) is 0. The minimum atomic E-state index is -4.36. The first kappa shape index (κ1) is 18.6. The third kappa shape index (κ3) is 3.91. The van der Waals surface area contributed by atoms with Crippen LogP contribution in [0, 0.1) is 6.92 Å². The van der Waals surface area contributed by atoms with E-state index in [4.69, 9.17) is 9.15 Å². The molecule has 0 amide bonds. The highest BCUT2D eigenvalue weighted by Crippen LogP contribution is 2.31. The van der Waals surface area contributed by atoms with Crippen LogP contribution in [0.1, 0.15) is 34.6 Å². The average Bonchev–Trinajstić information content (AvgIpc) is 3.27. The molecule has 28 heavy (non-hydrogen) atoms. The number of aromatic nitrogens is 1. The van der Waals surface area contributed by atoms with Crippen LogP contribution in [0.3, 0.4) is 0 Å². The van der Waals surface area contributed by atoms with Crippen molar-refractivity contribution in [2.75, 3.05) is 6.61 Å². The van der Waals surface area contributed by atoms with Crippen molar-refractivity contribution in [3.63, 3.8) is 0 Å². The zero-order chi connectivity index (χ0) is 19.7. The van der Waals surface area contributed by atoms with Crippen LogP contribution in [0.15, 0.2) is 46.9 Å². The summed E-state index contributed by atoms with van der Waals surface area (Å²) in [4.78, 5) is 4.34. The van der Waals surface area contributed by atoms with Gasteiger partial charge in [0.1, 0.15) is 11.5 Å². The van der Waals surface area contributed by atoms with Crippen molar-refractivity contribution in [1.82, 2.24) is 4.98 Å². The van der Waals surface area contributed by atoms with Crippen molar-refractivity contribution < 1.29 is 22.3 Å². The molecular formula is C22H20F3NO2. The molecule has 0 atom stereocenters.